The highest BCUT2D eigenvalue weighted by Gasteiger charge is 2.23. The molecule has 1 aromatic heterocycles. The molecule has 1 saturated heterocycles. The maximum atomic E-state index is 10.7. The molecule has 1 aromatic rings. The van der Waals surface area contributed by atoms with Gasteiger partial charge >= 0.3 is 5.97 Å². The summed E-state index contributed by atoms with van der Waals surface area (Å²) in [5.41, 5.74) is 0.200. The Kier molecular flexibility index (Phi) is 3.81. The average molecular weight is 239 g/mol. The van der Waals surface area contributed by atoms with Crippen LogP contribution in [0.4, 0.5) is 0 Å². The Morgan fingerprint density at radius 2 is 2.41 bits per heavy atom. The smallest absolute Gasteiger partial charge is 0.338 e. The molecule has 0 aliphatic carbocycles. The lowest BCUT2D eigenvalue weighted by Gasteiger charge is -2.13. The van der Waals surface area contributed by atoms with Gasteiger partial charge in [0.05, 0.1) is 12.1 Å². The summed E-state index contributed by atoms with van der Waals surface area (Å²) in [4.78, 5) is 12.9. The van der Waals surface area contributed by atoms with Crippen LogP contribution in [-0.4, -0.2) is 40.8 Å². The number of aliphatic hydroxyl groups excluding tert-OH is 1. The zero-order valence-corrected chi connectivity index (χ0v) is 9.63. The first-order valence-corrected chi connectivity index (χ1v) is 5.83. The Balaban J connectivity index is 1.87. The van der Waals surface area contributed by atoms with Crippen molar-refractivity contribution in [1.29, 1.82) is 0 Å². The fourth-order valence-corrected chi connectivity index (χ4v) is 2.27. The Bertz CT molecular complexity index is 388. The van der Waals surface area contributed by atoms with Crippen LogP contribution in [0.15, 0.2) is 16.7 Å². The SMILES string of the molecule is O=C(O)c1coc(CN2CCC(CCO)C2)c1. The zero-order chi connectivity index (χ0) is 12.3. The normalized spacial score (nSPS) is 20.9. The van der Waals surface area contributed by atoms with Gasteiger partial charge in [0.25, 0.3) is 0 Å². The van der Waals surface area contributed by atoms with Gasteiger partial charge in [0.2, 0.25) is 0 Å². The van der Waals surface area contributed by atoms with Gasteiger partial charge < -0.3 is 14.6 Å². The van der Waals surface area contributed by atoms with E-state index in [9.17, 15) is 4.79 Å². The first-order valence-electron chi connectivity index (χ1n) is 5.83. The Morgan fingerprint density at radius 3 is 3.06 bits per heavy atom. The van der Waals surface area contributed by atoms with Crippen molar-refractivity contribution in [2.75, 3.05) is 19.7 Å². The van der Waals surface area contributed by atoms with Gasteiger partial charge in [-0.1, -0.05) is 0 Å². The molecule has 1 atom stereocenters. The van der Waals surface area contributed by atoms with E-state index in [1.54, 1.807) is 6.07 Å². The highest BCUT2D eigenvalue weighted by atomic mass is 16.4. The monoisotopic (exact) mass is 239 g/mol. The maximum Gasteiger partial charge on any atom is 0.338 e. The van der Waals surface area contributed by atoms with E-state index in [1.165, 1.54) is 6.26 Å². The lowest BCUT2D eigenvalue weighted by molar-refractivity contribution is 0.0696. The van der Waals surface area contributed by atoms with E-state index in [0.717, 1.165) is 25.9 Å². The van der Waals surface area contributed by atoms with Crippen molar-refractivity contribution in [1.82, 2.24) is 4.90 Å². The molecule has 5 heteroatoms. The molecule has 0 aromatic carbocycles. The van der Waals surface area contributed by atoms with Gasteiger partial charge in [-0.05, 0) is 31.4 Å². The molecular weight excluding hydrogens is 222 g/mol. The number of furan rings is 1. The fourth-order valence-electron chi connectivity index (χ4n) is 2.27. The largest absolute Gasteiger partial charge is 0.478 e. The van der Waals surface area contributed by atoms with Crippen molar-refractivity contribution >= 4 is 5.97 Å². The summed E-state index contributed by atoms with van der Waals surface area (Å²) in [6.45, 7) is 2.81. The minimum Gasteiger partial charge on any atom is -0.478 e. The minimum absolute atomic E-state index is 0.200. The van der Waals surface area contributed by atoms with Crippen LogP contribution >= 0.6 is 0 Å². The fraction of sp³-hybridized carbons (Fsp3) is 0.583. The van der Waals surface area contributed by atoms with Gasteiger partial charge in [-0.15, -0.1) is 0 Å². The van der Waals surface area contributed by atoms with E-state index in [0.29, 0.717) is 18.2 Å². The summed E-state index contributed by atoms with van der Waals surface area (Å²) >= 11 is 0. The number of carboxylic acids is 1. The maximum absolute atomic E-state index is 10.7. The van der Waals surface area contributed by atoms with Crippen LogP contribution in [0.2, 0.25) is 0 Å². The third-order valence-corrected chi connectivity index (χ3v) is 3.19. The van der Waals surface area contributed by atoms with Crippen molar-refractivity contribution < 1.29 is 19.4 Å². The molecule has 1 aliphatic heterocycles. The van der Waals surface area contributed by atoms with Crippen molar-refractivity contribution in [2.24, 2.45) is 5.92 Å². The van der Waals surface area contributed by atoms with E-state index in [-0.39, 0.29) is 12.2 Å². The molecule has 0 spiro atoms. The van der Waals surface area contributed by atoms with Crippen LogP contribution in [0, 0.1) is 5.92 Å². The second kappa shape index (κ2) is 5.33. The van der Waals surface area contributed by atoms with Crippen molar-refractivity contribution in [2.45, 2.75) is 19.4 Å². The number of carbonyl (C=O) groups is 1. The van der Waals surface area contributed by atoms with Crippen LogP contribution in [-0.2, 0) is 6.54 Å². The molecule has 1 aliphatic rings. The van der Waals surface area contributed by atoms with E-state index in [4.69, 9.17) is 14.6 Å². The lowest BCUT2D eigenvalue weighted by atomic mass is 10.1. The molecule has 2 rings (SSSR count). The number of rotatable bonds is 5. The molecule has 1 fully saturated rings. The van der Waals surface area contributed by atoms with Gasteiger partial charge in [0, 0.05) is 13.2 Å². The number of aliphatic hydroxyl groups is 1. The van der Waals surface area contributed by atoms with Crippen LogP contribution in [0.1, 0.15) is 29.0 Å². The summed E-state index contributed by atoms with van der Waals surface area (Å²) in [7, 11) is 0. The quantitative estimate of drug-likeness (QED) is 0.807. The molecule has 5 nitrogen and oxygen atoms in total. The number of hydrogen-bond donors (Lipinski definition) is 2. The van der Waals surface area contributed by atoms with Gasteiger partial charge in [-0.25, -0.2) is 4.79 Å². The van der Waals surface area contributed by atoms with E-state index in [2.05, 4.69) is 4.90 Å². The van der Waals surface area contributed by atoms with Gasteiger partial charge in [0.1, 0.15) is 12.0 Å². The van der Waals surface area contributed by atoms with E-state index in [1.807, 2.05) is 0 Å². The molecule has 17 heavy (non-hydrogen) atoms. The van der Waals surface area contributed by atoms with E-state index < -0.39 is 5.97 Å². The second-order valence-electron chi connectivity index (χ2n) is 4.51. The summed E-state index contributed by atoms with van der Waals surface area (Å²) in [5, 5.41) is 17.6. The predicted octanol–water partition coefficient (Wildman–Crippen LogP) is 1.18. The number of aromatic carboxylic acids is 1. The van der Waals surface area contributed by atoms with Crippen LogP contribution in [0.25, 0.3) is 0 Å². The molecule has 0 bridgehead atoms. The third kappa shape index (κ3) is 3.08. The Hall–Kier alpha value is -1.33. The molecular formula is C12H17NO4. The Labute approximate surface area is 99.6 Å². The van der Waals surface area contributed by atoms with Crippen LogP contribution in [0.5, 0.6) is 0 Å². The Morgan fingerprint density at radius 1 is 1.59 bits per heavy atom. The summed E-state index contributed by atoms with van der Waals surface area (Å²) < 4.78 is 5.21. The van der Waals surface area contributed by atoms with Crippen LogP contribution < -0.4 is 0 Å². The molecule has 0 saturated carbocycles. The number of carboxylic acid groups (broad SMARTS) is 1. The molecule has 2 heterocycles. The highest BCUT2D eigenvalue weighted by molar-refractivity contribution is 5.87. The average Bonchev–Trinajstić information content (AvgIpc) is 2.89. The second-order valence-corrected chi connectivity index (χ2v) is 4.51. The van der Waals surface area contributed by atoms with Gasteiger partial charge in [0.15, 0.2) is 0 Å². The van der Waals surface area contributed by atoms with Gasteiger partial charge in [-0.3, -0.25) is 4.90 Å². The summed E-state index contributed by atoms with van der Waals surface area (Å²) in [6.07, 6.45) is 3.21. The lowest BCUT2D eigenvalue weighted by Crippen LogP contribution is -2.20. The third-order valence-electron chi connectivity index (χ3n) is 3.19. The minimum atomic E-state index is -0.959. The van der Waals surface area contributed by atoms with Crippen molar-refractivity contribution in [3.05, 3.63) is 23.7 Å². The number of likely N-dealkylation sites (tertiary alicyclic amines) is 1. The number of nitrogens with zero attached hydrogens (tertiary/aromatic N) is 1. The van der Waals surface area contributed by atoms with E-state index >= 15 is 0 Å². The van der Waals surface area contributed by atoms with Crippen LogP contribution in [0.3, 0.4) is 0 Å². The molecule has 1 unspecified atom stereocenters. The molecule has 94 valence electrons. The number of hydrogen-bond acceptors (Lipinski definition) is 4. The first kappa shape index (κ1) is 12.1. The molecule has 2 N–H and O–H groups in total. The van der Waals surface area contributed by atoms with Crippen molar-refractivity contribution in [3.63, 3.8) is 0 Å². The molecule has 0 amide bonds. The highest BCUT2D eigenvalue weighted by Crippen LogP contribution is 2.21. The zero-order valence-electron chi connectivity index (χ0n) is 9.63. The molecule has 0 radical (unpaired) electrons. The summed E-state index contributed by atoms with van der Waals surface area (Å²) in [5.74, 6) is 0.278. The van der Waals surface area contributed by atoms with Gasteiger partial charge in [-0.2, -0.15) is 0 Å². The predicted molar refractivity (Wildman–Crippen MR) is 60.8 cm³/mol. The van der Waals surface area contributed by atoms with Crippen molar-refractivity contribution in [3.8, 4) is 0 Å². The first-order chi connectivity index (χ1) is 8.19. The standard InChI is InChI=1S/C12H17NO4/c14-4-2-9-1-3-13(6-9)7-11-5-10(8-17-11)12(15)16/h5,8-9,14H,1-4,6-7H2,(H,15,16). The topological polar surface area (TPSA) is 73.9 Å². The summed E-state index contributed by atoms with van der Waals surface area (Å²) in [6, 6.07) is 1.57.